The summed E-state index contributed by atoms with van der Waals surface area (Å²) in [6.45, 7) is 3.70. The van der Waals surface area contributed by atoms with E-state index in [0.717, 1.165) is 11.1 Å². The molecule has 0 aliphatic heterocycles. The first-order valence-electron chi connectivity index (χ1n) is 5.55. The molecule has 0 N–H and O–H groups in total. The molecule has 0 unspecified atom stereocenters. The van der Waals surface area contributed by atoms with Gasteiger partial charge in [-0.2, -0.15) is 0 Å². The van der Waals surface area contributed by atoms with E-state index in [4.69, 9.17) is 32.5 Å². The average Bonchev–Trinajstić information content (AvgIpc) is 2.39. The summed E-state index contributed by atoms with van der Waals surface area (Å²) in [6, 6.07) is 0. The molecular weight excluding hydrogens is 286 g/mol. The summed E-state index contributed by atoms with van der Waals surface area (Å²) in [7, 11) is -0.0181. The van der Waals surface area contributed by atoms with Crippen molar-refractivity contribution in [1.29, 1.82) is 0 Å². The minimum absolute atomic E-state index is 0.0181. The zero-order valence-corrected chi connectivity index (χ0v) is 12.0. The lowest BCUT2D eigenvalue weighted by Crippen LogP contribution is -2.12. The third-order valence-electron chi connectivity index (χ3n) is 2.47. The van der Waals surface area contributed by atoms with E-state index >= 15 is 0 Å². The summed E-state index contributed by atoms with van der Waals surface area (Å²) in [5, 5.41) is 1.04. The van der Waals surface area contributed by atoms with Crippen LogP contribution in [-0.2, 0) is 0 Å². The Hall–Kier alpha value is -1.46. The van der Waals surface area contributed by atoms with Crippen molar-refractivity contribution in [1.82, 2.24) is 9.97 Å². The van der Waals surface area contributed by atoms with E-state index in [-0.39, 0.29) is 7.69 Å². The molecule has 0 saturated carbocycles. The average molecular weight is 297 g/mol. The standard InChI is InChI=1S/C12H11BCl2N2O2/c1-7-3-16-5-9(11(7)14)18-13-19-10-6-17-4-8(2)12(10)15/h3-6,13H,1-2H3. The van der Waals surface area contributed by atoms with Crippen molar-refractivity contribution in [2.24, 2.45) is 0 Å². The zero-order chi connectivity index (χ0) is 13.8. The molecule has 0 bridgehead atoms. The fourth-order valence-electron chi connectivity index (χ4n) is 1.41. The van der Waals surface area contributed by atoms with Crippen LogP contribution in [0.4, 0.5) is 0 Å². The van der Waals surface area contributed by atoms with Gasteiger partial charge in [-0.3, -0.25) is 9.97 Å². The van der Waals surface area contributed by atoms with Crippen LogP contribution in [0.15, 0.2) is 24.8 Å². The smallest absolute Gasteiger partial charge is 0.526 e. The second-order valence-corrected chi connectivity index (χ2v) is 4.70. The van der Waals surface area contributed by atoms with Gasteiger partial charge in [0.15, 0.2) is 0 Å². The lowest BCUT2D eigenvalue weighted by molar-refractivity contribution is 0.456. The molecule has 0 saturated heterocycles. The largest absolute Gasteiger partial charge is 0.576 e. The number of halogens is 2. The van der Waals surface area contributed by atoms with E-state index in [0.29, 0.717) is 21.5 Å². The van der Waals surface area contributed by atoms with E-state index in [1.165, 1.54) is 12.4 Å². The van der Waals surface area contributed by atoms with Crippen LogP contribution < -0.4 is 9.31 Å². The maximum Gasteiger partial charge on any atom is 0.576 e. The fourth-order valence-corrected chi connectivity index (χ4v) is 1.71. The van der Waals surface area contributed by atoms with E-state index in [1.807, 2.05) is 13.8 Å². The van der Waals surface area contributed by atoms with E-state index in [9.17, 15) is 0 Å². The van der Waals surface area contributed by atoms with Crippen LogP contribution in [0, 0.1) is 13.8 Å². The second kappa shape index (κ2) is 6.13. The maximum atomic E-state index is 6.07. The molecular formula is C12H11BCl2N2O2. The van der Waals surface area contributed by atoms with Crippen LogP contribution >= 0.6 is 23.2 Å². The Balaban J connectivity index is 2.00. The van der Waals surface area contributed by atoms with Gasteiger partial charge in [-0.15, -0.1) is 0 Å². The first kappa shape index (κ1) is 14.0. The summed E-state index contributed by atoms with van der Waals surface area (Å²) in [5.41, 5.74) is 1.68. The molecule has 0 aliphatic rings. The molecule has 0 fully saturated rings. The van der Waals surface area contributed by atoms with Crippen molar-refractivity contribution in [3.8, 4) is 11.5 Å². The van der Waals surface area contributed by atoms with Crippen molar-refractivity contribution in [3.63, 3.8) is 0 Å². The predicted molar refractivity (Wildman–Crippen MR) is 76.4 cm³/mol. The minimum atomic E-state index is -0.0181. The quantitative estimate of drug-likeness (QED) is 0.813. The number of hydrogen-bond donors (Lipinski definition) is 0. The molecule has 2 heterocycles. The Bertz CT molecular complexity index is 544. The first-order valence-corrected chi connectivity index (χ1v) is 6.31. The highest BCUT2D eigenvalue weighted by atomic mass is 35.5. The van der Waals surface area contributed by atoms with Gasteiger partial charge in [-0.1, -0.05) is 23.2 Å². The Kier molecular flexibility index (Phi) is 4.50. The van der Waals surface area contributed by atoms with Gasteiger partial charge in [0.2, 0.25) is 0 Å². The van der Waals surface area contributed by atoms with Gasteiger partial charge in [0, 0.05) is 12.4 Å². The molecule has 0 aromatic carbocycles. The third kappa shape index (κ3) is 3.30. The van der Waals surface area contributed by atoms with Crippen molar-refractivity contribution in [3.05, 3.63) is 46.0 Å². The molecule has 2 aromatic heterocycles. The second-order valence-electron chi connectivity index (χ2n) is 3.94. The molecule has 0 aliphatic carbocycles. The van der Waals surface area contributed by atoms with E-state index < -0.39 is 0 Å². The van der Waals surface area contributed by atoms with Gasteiger partial charge in [0.1, 0.15) is 11.5 Å². The molecule has 0 spiro atoms. The van der Waals surface area contributed by atoms with Gasteiger partial charge in [0.25, 0.3) is 0 Å². The summed E-state index contributed by atoms with van der Waals surface area (Å²) in [6.07, 6.45) is 6.40. The molecule has 2 aromatic rings. The van der Waals surface area contributed by atoms with Gasteiger partial charge in [0.05, 0.1) is 22.4 Å². The maximum absolute atomic E-state index is 6.07. The van der Waals surface area contributed by atoms with Crippen LogP contribution in [0.5, 0.6) is 11.5 Å². The highest BCUT2D eigenvalue weighted by Gasteiger charge is 2.09. The molecule has 0 amide bonds. The van der Waals surface area contributed by atoms with Crippen LogP contribution in [-0.4, -0.2) is 17.7 Å². The molecule has 98 valence electrons. The number of rotatable bonds is 4. The van der Waals surface area contributed by atoms with Crippen LogP contribution in [0.2, 0.25) is 10.0 Å². The molecule has 0 radical (unpaired) electrons. The summed E-state index contributed by atoms with van der Waals surface area (Å²) >= 11 is 12.1. The number of aromatic nitrogens is 2. The highest BCUT2D eigenvalue weighted by molar-refractivity contribution is 6.34. The number of aryl methyl sites for hydroxylation is 2. The summed E-state index contributed by atoms with van der Waals surface area (Å²) in [5.74, 6) is 0.941. The topological polar surface area (TPSA) is 44.2 Å². The molecule has 4 nitrogen and oxygen atoms in total. The number of hydrogen-bond acceptors (Lipinski definition) is 4. The first-order chi connectivity index (χ1) is 9.09. The monoisotopic (exact) mass is 296 g/mol. The van der Waals surface area contributed by atoms with Crippen LogP contribution in [0.1, 0.15) is 11.1 Å². The summed E-state index contributed by atoms with van der Waals surface area (Å²) in [4.78, 5) is 8.00. The molecule has 7 heteroatoms. The normalized spacial score (nSPS) is 10.1. The van der Waals surface area contributed by atoms with E-state index in [2.05, 4.69) is 9.97 Å². The molecule has 19 heavy (non-hydrogen) atoms. The van der Waals surface area contributed by atoms with Gasteiger partial charge >= 0.3 is 7.69 Å². The number of pyridine rings is 2. The lowest BCUT2D eigenvalue weighted by Gasteiger charge is -2.10. The Morgan fingerprint density at radius 3 is 1.68 bits per heavy atom. The highest BCUT2D eigenvalue weighted by Crippen LogP contribution is 2.28. The predicted octanol–water partition coefficient (Wildman–Crippen LogP) is 3.12. The summed E-state index contributed by atoms with van der Waals surface area (Å²) < 4.78 is 10.8. The number of nitrogens with zero attached hydrogens (tertiary/aromatic N) is 2. The van der Waals surface area contributed by atoms with Gasteiger partial charge in [-0.25, -0.2) is 0 Å². The molecule has 0 atom stereocenters. The lowest BCUT2D eigenvalue weighted by atomic mass is 10.2. The Labute approximate surface area is 122 Å². The minimum Gasteiger partial charge on any atom is -0.526 e. The fraction of sp³-hybridized carbons (Fsp3) is 0.167. The Morgan fingerprint density at radius 2 is 1.26 bits per heavy atom. The van der Waals surface area contributed by atoms with Crippen molar-refractivity contribution < 1.29 is 9.31 Å². The van der Waals surface area contributed by atoms with Crippen molar-refractivity contribution in [2.45, 2.75) is 13.8 Å². The molecule has 2 rings (SSSR count). The SMILES string of the molecule is Cc1cncc(OBOc2cncc(C)c2Cl)c1Cl. The Morgan fingerprint density at radius 1 is 0.842 bits per heavy atom. The van der Waals surface area contributed by atoms with Crippen molar-refractivity contribution >= 4 is 30.9 Å². The van der Waals surface area contributed by atoms with Gasteiger partial charge < -0.3 is 9.31 Å². The third-order valence-corrected chi connectivity index (χ3v) is 3.44. The van der Waals surface area contributed by atoms with E-state index in [1.54, 1.807) is 12.4 Å². The van der Waals surface area contributed by atoms with Crippen molar-refractivity contribution in [2.75, 3.05) is 0 Å². The van der Waals surface area contributed by atoms with Crippen LogP contribution in [0.25, 0.3) is 0 Å². The zero-order valence-electron chi connectivity index (χ0n) is 10.5. The van der Waals surface area contributed by atoms with Gasteiger partial charge in [-0.05, 0) is 25.0 Å². The van der Waals surface area contributed by atoms with Crippen LogP contribution in [0.3, 0.4) is 0 Å².